The number of rotatable bonds is 60. The summed E-state index contributed by atoms with van der Waals surface area (Å²) in [6.07, 6.45) is 70.8. The molecule has 16 nitrogen and oxygen atoms in total. The molecule has 0 radical (unpaired) electrons. The maximum atomic E-state index is 12.9. The summed E-state index contributed by atoms with van der Waals surface area (Å²) >= 11 is 0. The third-order valence-electron chi connectivity index (χ3n) is 12.8. The molecule has 0 aromatic rings. The van der Waals surface area contributed by atoms with Crippen LogP contribution >= 0.6 is 15.6 Å². The van der Waals surface area contributed by atoms with E-state index in [0.717, 1.165) is 148 Å². The summed E-state index contributed by atoms with van der Waals surface area (Å²) in [4.78, 5) is 58.3. The molecule has 0 aliphatic rings. The van der Waals surface area contributed by atoms with Gasteiger partial charge in [-0.25, -0.2) is 9.13 Å². The number of aliphatic hydroxyl groups is 2. The van der Waals surface area contributed by atoms with E-state index in [1.165, 1.54) is 19.3 Å². The highest BCUT2D eigenvalue weighted by Crippen LogP contribution is 2.45. The normalized spacial score (nSPS) is 15.2. The summed E-state index contributed by atoms with van der Waals surface area (Å²) in [6, 6.07) is 0. The van der Waals surface area contributed by atoms with Gasteiger partial charge in [-0.05, 0) is 135 Å². The molecule has 0 saturated carbocycles. The molecule has 0 aliphatic carbocycles. The third kappa shape index (κ3) is 63.1. The van der Waals surface area contributed by atoms with Crippen LogP contribution in [0, 0.1) is 0 Å². The molecule has 18 heteroatoms. The minimum Gasteiger partial charge on any atom is -0.463 e. The van der Waals surface area contributed by atoms with Gasteiger partial charge in [0.25, 0.3) is 0 Å². The molecule has 0 aliphatic heterocycles. The third-order valence-corrected chi connectivity index (χ3v) is 14.7. The number of allylic oxidation sites excluding steroid dienone is 22. The highest BCUT2D eigenvalue weighted by Gasteiger charge is 2.29. The highest BCUT2D eigenvalue weighted by atomic mass is 31.2. The van der Waals surface area contributed by atoms with Crippen molar-refractivity contribution >= 4 is 33.6 Å². The summed E-state index contributed by atoms with van der Waals surface area (Å²) in [5.41, 5.74) is 0. The summed E-state index contributed by atoms with van der Waals surface area (Å²) in [5, 5.41) is 20.5. The second-order valence-electron chi connectivity index (χ2n) is 21.1. The van der Waals surface area contributed by atoms with E-state index in [0.29, 0.717) is 19.3 Å². The molecule has 496 valence electrons. The van der Waals surface area contributed by atoms with E-state index >= 15 is 0 Å². The molecule has 0 aromatic heterocycles. The monoisotopic (exact) mass is 1260 g/mol. The molecule has 0 aromatic carbocycles. The van der Waals surface area contributed by atoms with Gasteiger partial charge in [0.2, 0.25) is 0 Å². The van der Waals surface area contributed by atoms with Crippen LogP contribution in [-0.4, -0.2) is 95.9 Å². The molecule has 0 saturated heterocycles. The average molecular weight is 1260 g/mol. The number of esters is 3. The van der Waals surface area contributed by atoms with Crippen molar-refractivity contribution in [2.75, 3.05) is 39.6 Å². The van der Waals surface area contributed by atoms with Crippen molar-refractivity contribution in [1.29, 1.82) is 0 Å². The largest absolute Gasteiger partial charge is 0.472 e. The number of ether oxygens (including phenoxy) is 3. The quantitative estimate of drug-likeness (QED) is 0.0146. The van der Waals surface area contributed by atoms with Gasteiger partial charge in [0.15, 0.2) is 6.10 Å². The Morgan fingerprint density at radius 2 is 0.609 bits per heavy atom. The van der Waals surface area contributed by atoms with Crippen molar-refractivity contribution in [2.24, 2.45) is 0 Å². The maximum absolute atomic E-state index is 12.9. The molecule has 0 spiro atoms. The highest BCUT2D eigenvalue weighted by molar-refractivity contribution is 7.47. The lowest BCUT2D eigenvalue weighted by atomic mass is 10.1. The first-order valence-electron chi connectivity index (χ1n) is 32.5. The molecule has 0 bridgehead atoms. The van der Waals surface area contributed by atoms with Gasteiger partial charge in [-0.3, -0.25) is 32.5 Å². The van der Waals surface area contributed by atoms with Gasteiger partial charge in [-0.15, -0.1) is 0 Å². The molecule has 5 atom stereocenters. The predicted molar refractivity (Wildman–Crippen MR) is 353 cm³/mol. The lowest BCUT2D eigenvalue weighted by Gasteiger charge is -2.21. The average Bonchev–Trinajstić information content (AvgIpc) is 3.68. The lowest BCUT2D eigenvalue weighted by Crippen LogP contribution is -2.30. The minimum absolute atomic E-state index is 0.0779. The number of aliphatic hydroxyl groups excluding tert-OH is 2. The Balaban J connectivity index is 4.76. The van der Waals surface area contributed by atoms with Crippen molar-refractivity contribution in [3.05, 3.63) is 134 Å². The van der Waals surface area contributed by atoms with E-state index in [4.69, 9.17) is 32.3 Å². The fourth-order valence-corrected chi connectivity index (χ4v) is 9.49. The number of carbonyl (C=O) groups excluding carboxylic acids is 3. The van der Waals surface area contributed by atoms with Crippen LogP contribution in [-0.2, 0) is 55.8 Å². The number of carbonyl (C=O) groups is 3. The Bertz CT molecular complexity index is 2120. The Morgan fingerprint density at radius 3 is 0.977 bits per heavy atom. The molecular weight excluding hydrogens is 1150 g/mol. The number of phosphoric ester groups is 2. The van der Waals surface area contributed by atoms with Gasteiger partial charge >= 0.3 is 33.6 Å². The van der Waals surface area contributed by atoms with E-state index in [1.807, 2.05) is 0 Å². The van der Waals surface area contributed by atoms with Gasteiger partial charge < -0.3 is 34.2 Å². The Hall–Kier alpha value is -4.31. The van der Waals surface area contributed by atoms with Gasteiger partial charge in [0, 0.05) is 19.3 Å². The summed E-state index contributed by atoms with van der Waals surface area (Å²) in [7, 11) is -9.80. The predicted octanol–water partition coefficient (Wildman–Crippen LogP) is 17.6. The maximum Gasteiger partial charge on any atom is 0.472 e. The summed E-state index contributed by atoms with van der Waals surface area (Å²) < 4.78 is 60.7. The molecule has 87 heavy (non-hydrogen) atoms. The van der Waals surface area contributed by atoms with Gasteiger partial charge in [-0.1, -0.05) is 206 Å². The van der Waals surface area contributed by atoms with Crippen LogP contribution in [0.4, 0.5) is 0 Å². The molecule has 0 heterocycles. The second kappa shape index (κ2) is 61.9. The van der Waals surface area contributed by atoms with Crippen LogP contribution in [0.25, 0.3) is 0 Å². The first-order valence-corrected chi connectivity index (χ1v) is 35.5. The zero-order valence-electron chi connectivity index (χ0n) is 53.4. The summed E-state index contributed by atoms with van der Waals surface area (Å²) in [6.45, 7) is 2.29. The molecule has 5 unspecified atom stereocenters. The lowest BCUT2D eigenvalue weighted by molar-refractivity contribution is -0.161. The molecular formula is C69H114O16P2. The van der Waals surface area contributed by atoms with Crippen LogP contribution in [0.15, 0.2) is 134 Å². The topological polar surface area (TPSA) is 231 Å². The molecule has 4 N–H and O–H groups in total. The minimum atomic E-state index is -4.94. The van der Waals surface area contributed by atoms with Crippen molar-refractivity contribution in [1.82, 2.24) is 0 Å². The summed E-state index contributed by atoms with van der Waals surface area (Å²) in [5.74, 6) is -1.66. The smallest absolute Gasteiger partial charge is 0.463 e. The Labute approximate surface area is 525 Å². The number of hydrogen-bond donors (Lipinski definition) is 4. The fraction of sp³-hybridized carbons (Fsp3) is 0.638. The molecule has 0 rings (SSSR count). The van der Waals surface area contributed by atoms with E-state index in [2.05, 4.69) is 154 Å². The van der Waals surface area contributed by atoms with Gasteiger partial charge in [-0.2, -0.15) is 0 Å². The Morgan fingerprint density at radius 1 is 0.333 bits per heavy atom. The number of unbranched alkanes of at least 4 members (excludes halogenated alkanes) is 15. The van der Waals surface area contributed by atoms with E-state index in [9.17, 15) is 43.5 Å². The van der Waals surface area contributed by atoms with Crippen molar-refractivity contribution < 1.29 is 75.8 Å². The second-order valence-corrected chi connectivity index (χ2v) is 24.1. The van der Waals surface area contributed by atoms with Crippen LogP contribution in [0.1, 0.15) is 226 Å². The zero-order chi connectivity index (χ0) is 63.8. The molecule has 0 fully saturated rings. The van der Waals surface area contributed by atoms with Gasteiger partial charge in [0.1, 0.15) is 25.4 Å². The Kier molecular flexibility index (Phi) is 58.8. The van der Waals surface area contributed by atoms with Crippen LogP contribution in [0.5, 0.6) is 0 Å². The first-order chi connectivity index (χ1) is 42.2. The van der Waals surface area contributed by atoms with Crippen LogP contribution in [0.3, 0.4) is 0 Å². The van der Waals surface area contributed by atoms with Crippen molar-refractivity contribution in [2.45, 2.75) is 245 Å². The van der Waals surface area contributed by atoms with Crippen LogP contribution < -0.4 is 0 Å². The number of hydrogen-bond acceptors (Lipinski definition) is 14. The first kappa shape index (κ1) is 82.7. The van der Waals surface area contributed by atoms with E-state index < -0.39 is 91.5 Å². The van der Waals surface area contributed by atoms with Crippen LogP contribution in [0.2, 0.25) is 0 Å². The SMILES string of the molecule is CC/C=C\C/C=C\C/C=C\C/C=C\C/C=C\CCCCCC(=O)OCC(O)COP(=O)(O)OCC(O)COP(=O)(O)OCC(COC(=O)CCCCCC/C=C\C/C=C\C/C=C\C/C=C\CC)OC(=O)CCCCCCC/C=C\C/C=C\CCCCC. The van der Waals surface area contributed by atoms with E-state index in [-0.39, 0.29) is 19.3 Å². The van der Waals surface area contributed by atoms with Crippen molar-refractivity contribution in [3.8, 4) is 0 Å². The van der Waals surface area contributed by atoms with E-state index in [1.54, 1.807) is 0 Å². The van der Waals surface area contributed by atoms with Gasteiger partial charge in [0.05, 0.1) is 26.4 Å². The standard InChI is InChI=1S/C69H114O16P2/c1-4-7-10-13-16-19-22-25-28-30-31-33-36-37-40-43-46-49-52-55-67(72)79-58-64(70)59-81-86(75,76)82-60-65(71)61-83-87(77,78)84-63-66(85-69(74)57-54-51-48-45-42-39-34-27-24-21-18-15-12-9-6-3)62-80-68(73)56-53-50-47-44-41-38-35-32-29-26-23-20-17-14-11-8-5-2/h7-8,10-11,16-21,25-29,31,33-35,37-38,40,64-66,70-71H,4-6,9,12-15,22-24,30,32,36,39,41-63H2,1-3H3,(H,75,76)(H,77,78)/b10-7-,11-8-,19-16-,20-17-,21-18-,28-25-,29-26-,33-31-,34-27-,38-35-,40-37-. The number of phosphoric acid groups is 2. The fourth-order valence-electron chi connectivity index (χ4n) is 7.91. The zero-order valence-corrected chi connectivity index (χ0v) is 55.2. The molecule has 0 amide bonds. The van der Waals surface area contributed by atoms with Crippen molar-refractivity contribution in [3.63, 3.8) is 0 Å².